The number of benzene rings is 1. The third kappa shape index (κ3) is 4.89. The third-order valence-electron chi connectivity index (χ3n) is 3.81. The topological polar surface area (TPSA) is 104 Å². The maximum absolute atomic E-state index is 11.0. The number of rotatable bonds is 7. The molecule has 0 fully saturated rings. The summed E-state index contributed by atoms with van der Waals surface area (Å²) in [6.07, 6.45) is 1.37. The van der Waals surface area contributed by atoms with Crippen molar-refractivity contribution in [3.05, 3.63) is 47.9 Å². The maximum Gasteiger partial charge on any atom is 0.264 e. The summed E-state index contributed by atoms with van der Waals surface area (Å²) in [7, 11) is -1.93. The van der Waals surface area contributed by atoms with Crippen molar-refractivity contribution in [3.8, 4) is 28.6 Å². The number of oxazole rings is 1. The molecule has 0 atom stereocenters. The summed E-state index contributed by atoms with van der Waals surface area (Å²) in [6, 6.07) is 11.1. The van der Waals surface area contributed by atoms with Gasteiger partial charge in [0.05, 0.1) is 31.4 Å². The Kier molecular flexibility index (Phi) is 5.52. The Labute approximate surface area is 157 Å². The first-order chi connectivity index (χ1) is 12.9. The molecule has 0 saturated heterocycles. The Morgan fingerprint density at radius 2 is 1.74 bits per heavy atom. The van der Waals surface area contributed by atoms with Crippen LogP contribution in [0.2, 0.25) is 0 Å². The van der Waals surface area contributed by atoms with E-state index in [-0.39, 0.29) is 6.61 Å². The van der Waals surface area contributed by atoms with Crippen molar-refractivity contribution in [2.75, 3.05) is 20.0 Å². The average molecular weight is 389 g/mol. The van der Waals surface area contributed by atoms with Crippen molar-refractivity contribution in [1.29, 1.82) is 0 Å². The van der Waals surface area contributed by atoms with Crippen LogP contribution in [0.25, 0.3) is 22.7 Å². The zero-order valence-electron chi connectivity index (χ0n) is 15.2. The Morgan fingerprint density at radius 1 is 1.04 bits per heavy atom. The van der Waals surface area contributed by atoms with E-state index in [9.17, 15) is 8.42 Å². The second-order valence-electron chi connectivity index (χ2n) is 5.84. The molecule has 142 valence electrons. The second-order valence-corrected chi connectivity index (χ2v) is 7.48. The van der Waals surface area contributed by atoms with Crippen LogP contribution in [0, 0.1) is 6.92 Å². The first-order valence-electron chi connectivity index (χ1n) is 8.15. The Bertz CT molecular complexity index is 1010. The molecule has 1 aromatic carbocycles. The molecule has 8 nitrogen and oxygen atoms in total. The van der Waals surface area contributed by atoms with Gasteiger partial charge in [0.15, 0.2) is 0 Å². The van der Waals surface area contributed by atoms with Gasteiger partial charge in [-0.05, 0) is 25.1 Å². The molecule has 0 amide bonds. The van der Waals surface area contributed by atoms with Gasteiger partial charge in [-0.15, -0.1) is 10.2 Å². The highest BCUT2D eigenvalue weighted by molar-refractivity contribution is 7.85. The standard InChI is InChI=1S/C18H19N3O5S/c1-12-15(10-11-25-27(3,22)23)19-18(26-12)14-6-4-13(5-7-14)16-8-9-17(24-2)21-20-16/h4-9H,10-11H2,1-3H3. The van der Waals surface area contributed by atoms with E-state index in [2.05, 4.69) is 15.2 Å². The van der Waals surface area contributed by atoms with E-state index in [0.717, 1.165) is 23.1 Å². The molecule has 0 bridgehead atoms. The molecule has 0 aliphatic rings. The minimum absolute atomic E-state index is 0.0285. The lowest BCUT2D eigenvalue weighted by Gasteiger charge is -2.02. The average Bonchev–Trinajstić information content (AvgIpc) is 3.02. The predicted octanol–water partition coefficient (Wildman–Crippen LogP) is 2.63. The highest BCUT2D eigenvalue weighted by Gasteiger charge is 2.13. The van der Waals surface area contributed by atoms with E-state index in [1.165, 1.54) is 0 Å². The van der Waals surface area contributed by atoms with E-state index in [4.69, 9.17) is 13.3 Å². The third-order valence-corrected chi connectivity index (χ3v) is 4.40. The first-order valence-corrected chi connectivity index (χ1v) is 9.96. The van der Waals surface area contributed by atoms with Gasteiger partial charge in [-0.25, -0.2) is 4.98 Å². The van der Waals surface area contributed by atoms with Gasteiger partial charge >= 0.3 is 0 Å². The molecular weight excluding hydrogens is 370 g/mol. The lowest BCUT2D eigenvalue weighted by molar-refractivity contribution is 0.324. The lowest BCUT2D eigenvalue weighted by Crippen LogP contribution is -2.06. The predicted molar refractivity (Wildman–Crippen MR) is 98.8 cm³/mol. The maximum atomic E-state index is 11.0. The van der Waals surface area contributed by atoms with Gasteiger partial charge in [0.1, 0.15) is 5.76 Å². The molecular formula is C18H19N3O5S. The van der Waals surface area contributed by atoms with Gasteiger partial charge in [-0.1, -0.05) is 12.1 Å². The molecule has 0 aliphatic carbocycles. The summed E-state index contributed by atoms with van der Waals surface area (Å²) in [5.41, 5.74) is 3.10. The fraction of sp³-hybridized carbons (Fsp3) is 0.278. The quantitative estimate of drug-likeness (QED) is 0.568. The minimum atomic E-state index is -3.47. The number of hydrogen-bond acceptors (Lipinski definition) is 8. The van der Waals surface area contributed by atoms with Crippen LogP contribution < -0.4 is 4.74 Å². The van der Waals surface area contributed by atoms with Crippen LogP contribution in [0.4, 0.5) is 0 Å². The SMILES string of the molecule is COc1ccc(-c2ccc(-c3nc(CCOS(C)(=O)=O)c(C)o3)cc2)nn1. The van der Waals surface area contributed by atoms with Gasteiger partial charge < -0.3 is 9.15 Å². The van der Waals surface area contributed by atoms with Crippen LogP contribution in [0.1, 0.15) is 11.5 Å². The van der Waals surface area contributed by atoms with Crippen LogP contribution in [0.15, 0.2) is 40.8 Å². The summed E-state index contributed by atoms with van der Waals surface area (Å²) in [5, 5.41) is 8.07. The first kappa shape index (κ1) is 19.0. The van der Waals surface area contributed by atoms with E-state index in [0.29, 0.717) is 29.6 Å². The van der Waals surface area contributed by atoms with Gasteiger partial charge in [0, 0.05) is 23.6 Å². The van der Waals surface area contributed by atoms with Crippen molar-refractivity contribution in [2.45, 2.75) is 13.3 Å². The van der Waals surface area contributed by atoms with Crippen LogP contribution >= 0.6 is 0 Å². The molecule has 27 heavy (non-hydrogen) atoms. The number of aromatic nitrogens is 3. The normalized spacial score (nSPS) is 11.5. The number of methoxy groups -OCH3 is 1. The lowest BCUT2D eigenvalue weighted by atomic mass is 10.1. The molecule has 0 spiro atoms. The molecule has 0 radical (unpaired) electrons. The highest BCUT2D eigenvalue weighted by Crippen LogP contribution is 2.25. The van der Waals surface area contributed by atoms with Gasteiger partial charge in [0.25, 0.3) is 10.1 Å². The second kappa shape index (κ2) is 7.85. The number of hydrogen-bond donors (Lipinski definition) is 0. The van der Waals surface area contributed by atoms with Gasteiger partial charge in [-0.2, -0.15) is 8.42 Å². The summed E-state index contributed by atoms with van der Waals surface area (Å²) in [6.45, 7) is 1.81. The van der Waals surface area contributed by atoms with Crippen LogP contribution in [0.5, 0.6) is 5.88 Å². The molecule has 9 heteroatoms. The van der Waals surface area contributed by atoms with Crippen molar-refractivity contribution in [3.63, 3.8) is 0 Å². The zero-order valence-corrected chi connectivity index (χ0v) is 16.0. The Hall–Kier alpha value is -2.78. The summed E-state index contributed by atoms with van der Waals surface area (Å²) < 4.78 is 37.5. The summed E-state index contributed by atoms with van der Waals surface area (Å²) in [4.78, 5) is 4.44. The van der Waals surface area contributed by atoms with Crippen molar-refractivity contribution in [1.82, 2.24) is 15.2 Å². The van der Waals surface area contributed by atoms with E-state index >= 15 is 0 Å². The van der Waals surface area contributed by atoms with Crippen LogP contribution in [-0.4, -0.2) is 43.6 Å². The largest absolute Gasteiger partial charge is 0.480 e. The van der Waals surface area contributed by atoms with E-state index in [1.807, 2.05) is 30.3 Å². The molecule has 0 saturated carbocycles. The molecule has 2 aromatic heterocycles. The van der Waals surface area contributed by atoms with Gasteiger partial charge in [0.2, 0.25) is 11.8 Å². The molecule has 3 rings (SSSR count). The smallest absolute Gasteiger partial charge is 0.264 e. The van der Waals surface area contributed by atoms with Crippen molar-refractivity contribution in [2.24, 2.45) is 0 Å². The van der Waals surface area contributed by atoms with E-state index in [1.54, 1.807) is 20.1 Å². The van der Waals surface area contributed by atoms with Crippen molar-refractivity contribution >= 4 is 10.1 Å². The number of nitrogens with zero attached hydrogens (tertiary/aromatic N) is 3. The molecule has 3 aromatic rings. The molecule has 2 heterocycles. The zero-order chi connectivity index (χ0) is 19.4. The number of aryl methyl sites for hydroxylation is 1. The summed E-state index contributed by atoms with van der Waals surface area (Å²) >= 11 is 0. The van der Waals surface area contributed by atoms with Crippen LogP contribution in [0.3, 0.4) is 0 Å². The molecule has 0 unspecified atom stereocenters. The van der Waals surface area contributed by atoms with E-state index < -0.39 is 10.1 Å². The fourth-order valence-corrected chi connectivity index (χ4v) is 2.83. The number of ether oxygens (including phenoxy) is 1. The molecule has 0 N–H and O–H groups in total. The monoisotopic (exact) mass is 389 g/mol. The Balaban J connectivity index is 1.74. The Morgan fingerprint density at radius 3 is 2.33 bits per heavy atom. The fourth-order valence-electron chi connectivity index (χ4n) is 2.44. The minimum Gasteiger partial charge on any atom is -0.480 e. The summed E-state index contributed by atoms with van der Waals surface area (Å²) in [5.74, 6) is 1.56. The van der Waals surface area contributed by atoms with Gasteiger partial charge in [-0.3, -0.25) is 4.18 Å². The molecule has 0 aliphatic heterocycles. The van der Waals surface area contributed by atoms with Crippen LogP contribution in [-0.2, 0) is 20.7 Å². The highest BCUT2D eigenvalue weighted by atomic mass is 32.2. The van der Waals surface area contributed by atoms with Crippen molar-refractivity contribution < 1.29 is 21.8 Å².